The Morgan fingerprint density at radius 3 is 1.65 bits per heavy atom. The summed E-state index contributed by atoms with van der Waals surface area (Å²) in [7, 11) is 0. The maximum atomic E-state index is 10.6. The summed E-state index contributed by atoms with van der Waals surface area (Å²) in [6.45, 7) is 0. The van der Waals surface area contributed by atoms with Crippen molar-refractivity contribution in [1.29, 1.82) is 0 Å². The minimum Gasteiger partial charge on any atom is -1.00 e. The van der Waals surface area contributed by atoms with E-state index in [0.717, 1.165) is 18.2 Å². The van der Waals surface area contributed by atoms with Gasteiger partial charge in [0.05, 0.1) is 16.7 Å². The molecule has 0 saturated carbocycles. The van der Waals surface area contributed by atoms with Crippen LogP contribution in [0.5, 0.6) is 0 Å². The third-order valence-corrected chi connectivity index (χ3v) is 1.73. The Labute approximate surface area is 143 Å². The van der Waals surface area contributed by atoms with Crippen molar-refractivity contribution < 1.29 is 91.7 Å². The Hall–Kier alpha value is -0.370. The molecule has 3 N–H and O–H groups in total. The van der Waals surface area contributed by atoms with Crippen molar-refractivity contribution in [2.75, 3.05) is 0 Å². The molecule has 0 aromatic heterocycles. The molecule has 0 aliphatic rings. The largest absolute Gasteiger partial charge is 1.00 e. The van der Waals surface area contributed by atoms with Crippen molar-refractivity contribution >= 4 is 17.9 Å². The van der Waals surface area contributed by atoms with Crippen LogP contribution in [0, 0.1) is 0 Å². The number of carbonyl (C=O) groups is 3. The van der Waals surface area contributed by atoms with Crippen LogP contribution in [0.15, 0.2) is 18.2 Å². The maximum absolute atomic E-state index is 10.6. The van der Waals surface area contributed by atoms with Gasteiger partial charge in [-0.2, -0.15) is 0 Å². The van der Waals surface area contributed by atoms with E-state index in [4.69, 9.17) is 15.3 Å². The summed E-state index contributed by atoms with van der Waals surface area (Å²) in [5, 5.41) is 25.9. The fourth-order valence-electron chi connectivity index (χ4n) is 1.04. The van der Waals surface area contributed by atoms with E-state index in [-0.39, 0.29) is 67.5 Å². The van der Waals surface area contributed by atoms with Gasteiger partial charge in [0.2, 0.25) is 0 Å². The van der Waals surface area contributed by atoms with Gasteiger partial charge < -0.3 is 18.2 Å². The summed E-state index contributed by atoms with van der Waals surface area (Å²) >= 11 is 0. The Morgan fingerprint density at radius 1 is 0.824 bits per heavy atom. The second-order valence-corrected chi connectivity index (χ2v) is 2.68. The van der Waals surface area contributed by atoms with Gasteiger partial charge in [-0.15, -0.1) is 0 Å². The molecule has 0 aliphatic carbocycles. The molecule has 0 aliphatic heterocycles. The third kappa shape index (κ3) is 4.79. The molecule has 82 valence electrons. The SMILES string of the molecule is O=C(O)c1ccc(C(=O)O)c(C(=O)O)c1.[H-].[H-].[Na+].[Na+]. The van der Waals surface area contributed by atoms with Crippen molar-refractivity contribution in [2.45, 2.75) is 0 Å². The van der Waals surface area contributed by atoms with E-state index in [1.807, 2.05) is 0 Å². The summed E-state index contributed by atoms with van der Waals surface area (Å²) in [5.74, 6) is -4.20. The summed E-state index contributed by atoms with van der Waals surface area (Å²) in [5.41, 5.74) is -1.24. The van der Waals surface area contributed by atoms with Crippen LogP contribution in [0.1, 0.15) is 33.9 Å². The average Bonchev–Trinajstić information content (AvgIpc) is 2.16. The molecule has 0 heterocycles. The number of benzene rings is 1. The van der Waals surface area contributed by atoms with E-state index in [0.29, 0.717) is 0 Å². The van der Waals surface area contributed by atoms with Crippen molar-refractivity contribution in [1.82, 2.24) is 0 Å². The zero-order valence-electron chi connectivity index (χ0n) is 11.3. The molecule has 17 heavy (non-hydrogen) atoms. The van der Waals surface area contributed by atoms with Gasteiger partial charge in [0.15, 0.2) is 0 Å². The first-order valence-electron chi connectivity index (χ1n) is 3.77. The van der Waals surface area contributed by atoms with Gasteiger partial charge in [0, 0.05) is 0 Å². The van der Waals surface area contributed by atoms with Gasteiger partial charge in [0.25, 0.3) is 0 Å². The summed E-state index contributed by atoms with van der Waals surface area (Å²) < 4.78 is 0. The quantitative estimate of drug-likeness (QED) is 0.468. The van der Waals surface area contributed by atoms with Crippen molar-refractivity contribution in [3.05, 3.63) is 34.9 Å². The molecule has 1 aromatic rings. The Morgan fingerprint density at radius 2 is 1.29 bits per heavy atom. The fraction of sp³-hybridized carbons (Fsp3) is 0. The topological polar surface area (TPSA) is 112 Å². The first-order valence-corrected chi connectivity index (χ1v) is 3.77. The van der Waals surface area contributed by atoms with E-state index < -0.39 is 29.0 Å². The number of carboxylic acids is 3. The van der Waals surface area contributed by atoms with E-state index in [2.05, 4.69) is 0 Å². The molecule has 0 bridgehead atoms. The molecule has 0 saturated heterocycles. The molecule has 0 radical (unpaired) electrons. The molecule has 0 atom stereocenters. The first kappa shape index (κ1) is 19.0. The zero-order chi connectivity index (χ0) is 11.6. The fourth-order valence-corrected chi connectivity index (χ4v) is 1.04. The first-order chi connectivity index (χ1) is 6.93. The molecule has 1 rings (SSSR count). The molecule has 8 heteroatoms. The molecule has 1 aromatic carbocycles. The average molecular weight is 258 g/mol. The zero-order valence-corrected chi connectivity index (χ0v) is 13.3. The van der Waals surface area contributed by atoms with Crippen LogP contribution in [0.25, 0.3) is 0 Å². The number of carboxylic acid groups (broad SMARTS) is 3. The molecule has 0 unspecified atom stereocenters. The Balaban J connectivity index is -0.000000281. The molecular weight excluding hydrogens is 250 g/mol. The second-order valence-electron chi connectivity index (χ2n) is 2.68. The van der Waals surface area contributed by atoms with Gasteiger partial charge in [0.1, 0.15) is 0 Å². The number of rotatable bonds is 3. The van der Waals surface area contributed by atoms with Crippen molar-refractivity contribution in [2.24, 2.45) is 0 Å². The maximum Gasteiger partial charge on any atom is 1.00 e. The molecule has 0 spiro atoms. The number of hydrogen-bond acceptors (Lipinski definition) is 3. The van der Waals surface area contributed by atoms with Crippen molar-refractivity contribution in [3.8, 4) is 0 Å². The van der Waals surface area contributed by atoms with Crippen LogP contribution in [-0.2, 0) is 0 Å². The normalized spacial score (nSPS) is 8.47. The smallest absolute Gasteiger partial charge is 1.00 e. The van der Waals surface area contributed by atoms with Crippen LogP contribution in [-0.4, -0.2) is 33.2 Å². The number of hydrogen-bond donors (Lipinski definition) is 3. The van der Waals surface area contributed by atoms with E-state index in [9.17, 15) is 14.4 Å². The van der Waals surface area contributed by atoms with Gasteiger partial charge in [-0.05, 0) is 18.2 Å². The second kappa shape index (κ2) is 7.86. The standard InChI is InChI=1S/C9H6O6.2Na.2H/c10-7(11)4-1-2-5(8(12)13)6(3-4)9(14)15;;;;/h1-3H,(H,10,11)(H,12,13)(H,14,15);;;;/q;2*+1;2*-1. The predicted molar refractivity (Wildman–Crippen MR) is 49.5 cm³/mol. The Bertz CT molecular complexity index is 466. The molecule has 0 fully saturated rings. The van der Waals surface area contributed by atoms with E-state index >= 15 is 0 Å². The summed E-state index contributed by atoms with van der Waals surface area (Å²) in [6, 6.07) is 2.81. The summed E-state index contributed by atoms with van der Waals surface area (Å²) in [4.78, 5) is 31.8. The van der Waals surface area contributed by atoms with Crippen LogP contribution in [0.3, 0.4) is 0 Å². The summed E-state index contributed by atoms with van der Waals surface area (Å²) in [6.07, 6.45) is 0. The molecular formula is C9H8Na2O6. The van der Waals surface area contributed by atoms with Crippen LogP contribution in [0.2, 0.25) is 0 Å². The molecule has 6 nitrogen and oxygen atoms in total. The number of aromatic carboxylic acids is 3. The third-order valence-electron chi connectivity index (χ3n) is 1.73. The predicted octanol–water partition coefficient (Wildman–Crippen LogP) is -4.99. The van der Waals surface area contributed by atoms with Gasteiger partial charge in [-0.1, -0.05) is 0 Å². The molecule has 0 amide bonds. The minimum absolute atomic E-state index is 0. The van der Waals surface area contributed by atoms with Gasteiger partial charge in [-0.3, -0.25) is 0 Å². The van der Waals surface area contributed by atoms with Gasteiger partial charge >= 0.3 is 77.0 Å². The van der Waals surface area contributed by atoms with E-state index in [1.54, 1.807) is 0 Å². The van der Waals surface area contributed by atoms with Crippen molar-refractivity contribution in [3.63, 3.8) is 0 Å². The monoisotopic (exact) mass is 258 g/mol. The van der Waals surface area contributed by atoms with Gasteiger partial charge in [-0.25, -0.2) is 14.4 Å². The van der Waals surface area contributed by atoms with Crippen LogP contribution < -0.4 is 59.1 Å². The Kier molecular flexibility index (Phi) is 8.78. The minimum atomic E-state index is -1.48. The van der Waals surface area contributed by atoms with Crippen LogP contribution >= 0.6 is 0 Å². The van der Waals surface area contributed by atoms with E-state index in [1.165, 1.54) is 0 Å². The van der Waals surface area contributed by atoms with Crippen LogP contribution in [0.4, 0.5) is 0 Å².